The Balaban J connectivity index is 2.31. The predicted octanol–water partition coefficient (Wildman–Crippen LogP) is 1.20. The fourth-order valence-electron chi connectivity index (χ4n) is 1.78. The number of carbonyl (C=O) groups is 1. The second-order valence-corrected chi connectivity index (χ2v) is 4.46. The maximum Gasteiger partial charge on any atom is 0.225 e. The highest BCUT2D eigenvalue weighted by Crippen LogP contribution is 2.06. The molecule has 0 radical (unpaired) electrons. The van der Waals surface area contributed by atoms with Crippen LogP contribution < -0.4 is 0 Å². The number of amides is 1. The molecule has 0 spiro atoms. The molecule has 1 aliphatic rings. The summed E-state index contributed by atoms with van der Waals surface area (Å²) < 4.78 is 0. The highest BCUT2D eigenvalue weighted by atomic mass is 16.2. The minimum Gasteiger partial charge on any atom is -0.340 e. The Hall–Kier alpha value is -1.01. The van der Waals surface area contributed by atoms with Crippen molar-refractivity contribution in [2.75, 3.05) is 32.7 Å². The van der Waals surface area contributed by atoms with Crippen molar-refractivity contribution in [2.45, 2.75) is 27.2 Å². The second-order valence-electron chi connectivity index (χ2n) is 4.46. The standard InChI is InChI=1S/C13H22N2O/c1-4-5-6-7-14-8-10-15(11-9-14)13(16)12(2)3/h12H,4,7-11H2,1-3H3. The van der Waals surface area contributed by atoms with Gasteiger partial charge in [-0.15, -0.1) is 5.92 Å². The van der Waals surface area contributed by atoms with Crippen LogP contribution in [-0.4, -0.2) is 48.4 Å². The zero-order valence-corrected chi connectivity index (χ0v) is 10.6. The first-order chi connectivity index (χ1) is 7.65. The van der Waals surface area contributed by atoms with Crippen LogP contribution in [0.4, 0.5) is 0 Å². The van der Waals surface area contributed by atoms with E-state index >= 15 is 0 Å². The summed E-state index contributed by atoms with van der Waals surface area (Å²) >= 11 is 0. The number of hydrogen-bond donors (Lipinski definition) is 0. The van der Waals surface area contributed by atoms with Crippen molar-refractivity contribution in [2.24, 2.45) is 5.92 Å². The van der Waals surface area contributed by atoms with Crippen molar-refractivity contribution >= 4 is 5.91 Å². The average Bonchev–Trinajstić information content (AvgIpc) is 2.29. The molecule has 1 amide bonds. The Morgan fingerprint density at radius 3 is 2.31 bits per heavy atom. The molecular weight excluding hydrogens is 200 g/mol. The van der Waals surface area contributed by atoms with Crippen molar-refractivity contribution in [3.05, 3.63) is 0 Å². The summed E-state index contributed by atoms with van der Waals surface area (Å²) in [5.41, 5.74) is 0. The van der Waals surface area contributed by atoms with Crippen LogP contribution in [0.25, 0.3) is 0 Å². The summed E-state index contributed by atoms with van der Waals surface area (Å²) in [6.07, 6.45) is 0.922. The van der Waals surface area contributed by atoms with Crippen molar-refractivity contribution in [1.29, 1.82) is 0 Å². The van der Waals surface area contributed by atoms with Gasteiger partial charge in [0, 0.05) is 38.5 Å². The van der Waals surface area contributed by atoms with Crippen LogP contribution in [0, 0.1) is 17.8 Å². The number of nitrogens with zero attached hydrogens (tertiary/aromatic N) is 2. The zero-order valence-electron chi connectivity index (χ0n) is 10.6. The molecule has 1 saturated heterocycles. The zero-order chi connectivity index (χ0) is 12.0. The Kier molecular flexibility index (Phi) is 5.34. The molecule has 0 N–H and O–H groups in total. The van der Waals surface area contributed by atoms with E-state index < -0.39 is 0 Å². The lowest BCUT2D eigenvalue weighted by molar-refractivity contribution is -0.136. The molecule has 16 heavy (non-hydrogen) atoms. The van der Waals surface area contributed by atoms with Crippen LogP contribution in [0.15, 0.2) is 0 Å². The molecule has 90 valence electrons. The summed E-state index contributed by atoms with van der Waals surface area (Å²) in [4.78, 5) is 16.0. The Bertz CT molecular complexity index is 280. The minimum atomic E-state index is 0.117. The van der Waals surface area contributed by atoms with Gasteiger partial charge in [0.15, 0.2) is 0 Å². The molecule has 0 aromatic rings. The van der Waals surface area contributed by atoms with Crippen LogP contribution in [-0.2, 0) is 4.79 Å². The van der Waals surface area contributed by atoms with Crippen LogP contribution in [0.1, 0.15) is 27.2 Å². The normalized spacial score (nSPS) is 17.1. The fourth-order valence-corrected chi connectivity index (χ4v) is 1.78. The Morgan fingerprint density at radius 2 is 1.81 bits per heavy atom. The van der Waals surface area contributed by atoms with Crippen molar-refractivity contribution in [3.63, 3.8) is 0 Å². The van der Waals surface area contributed by atoms with Gasteiger partial charge >= 0.3 is 0 Å². The predicted molar refractivity (Wildman–Crippen MR) is 65.9 cm³/mol. The van der Waals surface area contributed by atoms with E-state index in [1.807, 2.05) is 18.7 Å². The summed E-state index contributed by atoms with van der Waals surface area (Å²) in [5.74, 6) is 6.61. The molecule has 0 bridgehead atoms. The minimum absolute atomic E-state index is 0.117. The maximum absolute atomic E-state index is 11.7. The topological polar surface area (TPSA) is 23.6 Å². The lowest BCUT2D eigenvalue weighted by atomic mass is 10.1. The summed E-state index contributed by atoms with van der Waals surface area (Å²) in [6, 6.07) is 0. The molecule has 0 aromatic heterocycles. The summed E-state index contributed by atoms with van der Waals surface area (Å²) in [6.45, 7) is 10.4. The van der Waals surface area contributed by atoms with E-state index in [0.29, 0.717) is 0 Å². The Morgan fingerprint density at radius 1 is 1.19 bits per heavy atom. The first-order valence-corrected chi connectivity index (χ1v) is 6.12. The smallest absolute Gasteiger partial charge is 0.225 e. The highest BCUT2D eigenvalue weighted by Gasteiger charge is 2.21. The third-order valence-electron chi connectivity index (χ3n) is 2.78. The van der Waals surface area contributed by atoms with Gasteiger partial charge in [0.25, 0.3) is 0 Å². The molecule has 0 aliphatic carbocycles. The van der Waals surface area contributed by atoms with Gasteiger partial charge in [-0.25, -0.2) is 0 Å². The largest absolute Gasteiger partial charge is 0.340 e. The number of rotatable bonds is 2. The molecule has 1 aliphatic heterocycles. The van der Waals surface area contributed by atoms with Crippen molar-refractivity contribution < 1.29 is 4.79 Å². The second kappa shape index (κ2) is 6.55. The van der Waals surface area contributed by atoms with Crippen LogP contribution in [0.5, 0.6) is 0 Å². The van der Waals surface area contributed by atoms with Gasteiger partial charge < -0.3 is 4.90 Å². The number of carbonyl (C=O) groups excluding carboxylic acids is 1. The van der Waals surface area contributed by atoms with Gasteiger partial charge in [0.1, 0.15) is 0 Å². The van der Waals surface area contributed by atoms with Gasteiger partial charge in [-0.05, 0) is 0 Å². The third-order valence-corrected chi connectivity index (χ3v) is 2.78. The molecule has 0 saturated carbocycles. The van der Waals surface area contributed by atoms with Gasteiger partial charge in [0.05, 0.1) is 6.54 Å². The van der Waals surface area contributed by atoms with Gasteiger partial charge in [-0.2, -0.15) is 0 Å². The Labute approximate surface area is 98.8 Å². The first-order valence-electron chi connectivity index (χ1n) is 6.12. The van der Waals surface area contributed by atoms with Crippen molar-refractivity contribution in [3.8, 4) is 11.8 Å². The molecule has 0 unspecified atom stereocenters. The lowest BCUT2D eigenvalue weighted by Gasteiger charge is -2.34. The molecule has 3 nitrogen and oxygen atoms in total. The van der Waals surface area contributed by atoms with Crippen LogP contribution in [0.2, 0.25) is 0 Å². The monoisotopic (exact) mass is 222 g/mol. The SMILES string of the molecule is CCC#CCN1CCN(C(=O)C(C)C)CC1. The van der Waals surface area contributed by atoms with E-state index in [4.69, 9.17) is 0 Å². The molecule has 0 atom stereocenters. The number of piperazine rings is 1. The lowest BCUT2D eigenvalue weighted by Crippen LogP contribution is -2.49. The highest BCUT2D eigenvalue weighted by molar-refractivity contribution is 5.78. The average molecular weight is 222 g/mol. The molecule has 0 aromatic carbocycles. The first kappa shape index (κ1) is 13.1. The van der Waals surface area contributed by atoms with Gasteiger partial charge in [0.2, 0.25) is 5.91 Å². The third kappa shape index (κ3) is 3.86. The van der Waals surface area contributed by atoms with E-state index in [1.165, 1.54) is 0 Å². The van der Waals surface area contributed by atoms with Gasteiger partial charge in [-0.1, -0.05) is 26.7 Å². The van der Waals surface area contributed by atoms with Crippen LogP contribution in [0.3, 0.4) is 0 Å². The molecule has 1 rings (SSSR count). The molecular formula is C13H22N2O. The molecule has 1 heterocycles. The van der Waals surface area contributed by atoms with E-state index in [-0.39, 0.29) is 11.8 Å². The van der Waals surface area contributed by atoms with E-state index in [0.717, 1.165) is 39.1 Å². The van der Waals surface area contributed by atoms with E-state index in [2.05, 4.69) is 23.7 Å². The fraction of sp³-hybridized carbons (Fsp3) is 0.769. The summed E-state index contributed by atoms with van der Waals surface area (Å²) in [7, 11) is 0. The van der Waals surface area contributed by atoms with Crippen LogP contribution >= 0.6 is 0 Å². The van der Waals surface area contributed by atoms with Gasteiger partial charge in [-0.3, -0.25) is 9.69 Å². The molecule has 3 heteroatoms. The summed E-state index contributed by atoms with van der Waals surface area (Å²) in [5, 5.41) is 0. The van der Waals surface area contributed by atoms with E-state index in [1.54, 1.807) is 0 Å². The quantitative estimate of drug-likeness (QED) is 0.655. The maximum atomic E-state index is 11.7. The molecule has 1 fully saturated rings. The number of hydrogen-bond acceptors (Lipinski definition) is 2. The van der Waals surface area contributed by atoms with Crippen molar-refractivity contribution in [1.82, 2.24) is 9.80 Å². The van der Waals surface area contributed by atoms with E-state index in [9.17, 15) is 4.79 Å².